The van der Waals surface area contributed by atoms with E-state index in [9.17, 15) is 18.4 Å². The van der Waals surface area contributed by atoms with Gasteiger partial charge in [-0.1, -0.05) is 60.3 Å². The molecule has 2 heterocycles. The number of methoxy groups -OCH3 is 1. The van der Waals surface area contributed by atoms with Gasteiger partial charge in [-0.3, -0.25) is 18.6 Å². The second kappa shape index (κ2) is 13.5. The van der Waals surface area contributed by atoms with Gasteiger partial charge in [-0.15, -0.1) is 0 Å². The summed E-state index contributed by atoms with van der Waals surface area (Å²) in [6.45, 7) is 0.0377. The normalized spacial score (nSPS) is 22.8. The number of amides is 2. The Balaban J connectivity index is 1.55. The largest absolute Gasteiger partial charge is 0.760 e. The van der Waals surface area contributed by atoms with Gasteiger partial charge in [0.1, 0.15) is 6.61 Å². The van der Waals surface area contributed by atoms with Gasteiger partial charge in [-0.2, -0.15) is 0 Å². The number of hydrogen-bond donors (Lipinski definition) is 2. The molecule has 1 aromatic heterocycles. The average molecular weight is 633 g/mol. The fraction of sp³-hybridized carbons (Fsp3) is 0.345. The zero-order valence-corrected chi connectivity index (χ0v) is 25.0. The standard InChI is InChI=1S/C29H30Cl2N4O6S/c1-40-25-13-10-17(15-32-25)16-41-33-28(36)26-19-6-2-3-7-20(19)29(37)35(24-9-5-4-8-23(24)34-42(38)39)27(26)21-12-11-18(30)14-22(21)31/h2-3,6-7,10-15,23-24,26-27,34H,4-5,8-9,16H2,1H3,(H,33,36)(H,38,39)/p-1/t23-,24?,26+,27-/m0/s1. The van der Waals surface area contributed by atoms with Gasteiger partial charge in [0.05, 0.1) is 19.1 Å². The van der Waals surface area contributed by atoms with Gasteiger partial charge in [0.15, 0.2) is 0 Å². The van der Waals surface area contributed by atoms with Crippen LogP contribution in [-0.2, 0) is 27.5 Å². The number of benzene rings is 2. The molecule has 0 radical (unpaired) electrons. The second-order valence-electron chi connectivity index (χ2n) is 10.2. The van der Waals surface area contributed by atoms with Crippen molar-refractivity contribution in [3.63, 3.8) is 0 Å². The Morgan fingerprint density at radius 2 is 1.90 bits per heavy atom. The molecule has 2 amide bonds. The summed E-state index contributed by atoms with van der Waals surface area (Å²) in [4.78, 5) is 39.6. The molecule has 1 fully saturated rings. The highest BCUT2D eigenvalue weighted by Gasteiger charge is 2.49. The second-order valence-corrected chi connectivity index (χ2v) is 11.7. The van der Waals surface area contributed by atoms with Gasteiger partial charge in [0.2, 0.25) is 5.88 Å². The van der Waals surface area contributed by atoms with Crippen LogP contribution in [0.25, 0.3) is 0 Å². The monoisotopic (exact) mass is 631 g/mol. The lowest BCUT2D eigenvalue weighted by molar-refractivity contribution is -0.138. The highest BCUT2D eigenvalue weighted by atomic mass is 35.5. The van der Waals surface area contributed by atoms with Crippen molar-refractivity contribution in [2.75, 3.05) is 7.11 Å². The van der Waals surface area contributed by atoms with E-state index in [1.54, 1.807) is 65.7 Å². The number of carbonyl (C=O) groups is 2. The summed E-state index contributed by atoms with van der Waals surface area (Å²) in [7, 11) is 1.52. The van der Waals surface area contributed by atoms with Crippen LogP contribution in [0.1, 0.15) is 64.7 Å². The number of fused-ring (bicyclic) bond motifs is 1. The Labute approximate surface area is 256 Å². The van der Waals surface area contributed by atoms with Gasteiger partial charge < -0.3 is 14.2 Å². The smallest absolute Gasteiger partial charge is 0.255 e. The number of halogens is 2. The predicted molar refractivity (Wildman–Crippen MR) is 156 cm³/mol. The first-order chi connectivity index (χ1) is 20.3. The zero-order valence-electron chi connectivity index (χ0n) is 22.6. The van der Waals surface area contributed by atoms with Gasteiger partial charge >= 0.3 is 0 Å². The molecule has 10 nitrogen and oxygen atoms in total. The molecule has 1 aliphatic heterocycles. The van der Waals surface area contributed by atoms with Crippen LogP contribution >= 0.6 is 23.2 Å². The maximum absolute atomic E-state index is 14.2. The number of nitrogens with one attached hydrogen (secondary N) is 2. The van der Waals surface area contributed by atoms with Crippen LogP contribution in [0.15, 0.2) is 60.8 Å². The van der Waals surface area contributed by atoms with E-state index >= 15 is 0 Å². The molecule has 2 aromatic carbocycles. The van der Waals surface area contributed by atoms with Crippen molar-refractivity contribution in [2.24, 2.45) is 0 Å². The molecule has 2 aliphatic rings. The molecular weight excluding hydrogens is 603 g/mol. The van der Waals surface area contributed by atoms with E-state index in [2.05, 4.69) is 15.2 Å². The lowest BCUT2D eigenvalue weighted by atomic mass is 9.76. The van der Waals surface area contributed by atoms with Crippen LogP contribution < -0.4 is 14.9 Å². The lowest BCUT2D eigenvalue weighted by Crippen LogP contribution is -2.58. The summed E-state index contributed by atoms with van der Waals surface area (Å²) in [6.07, 6.45) is 4.25. The number of rotatable bonds is 9. The van der Waals surface area contributed by atoms with E-state index in [0.29, 0.717) is 46.0 Å². The highest BCUT2D eigenvalue weighted by molar-refractivity contribution is 7.77. The molecule has 2 unspecified atom stereocenters. The molecule has 3 aromatic rings. The Hall–Kier alpha value is -3.06. The molecule has 1 saturated carbocycles. The van der Waals surface area contributed by atoms with E-state index in [4.69, 9.17) is 32.8 Å². The van der Waals surface area contributed by atoms with Crippen LogP contribution in [0.5, 0.6) is 5.88 Å². The summed E-state index contributed by atoms with van der Waals surface area (Å²) in [5.74, 6) is -1.30. The summed E-state index contributed by atoms with van der Waals surface area (Å²) >= 11 is 10.4. The van der Waals surface area contributed by atoms with Crippen molar-refractivity contribution in [2.45, 2.75) is 56.3 Å². The Bertz CT molecular complexity index is 1480. The molecule has 13 heteroatoms. The molecular formula is C29H29Cl2N4O6S-. The minimum absolute atomic E-state index is 0.0377. The van der Waals surface area contributed by atoms with Crippen LogP contribution in [0, 0.1) is 0 Å². The highest BCUT2D eigenvalue weighted by Crippen LogP contribution is 2.47. The fourth-order valence-corrected chi connectivity index (χ4v) is 6.89. The number of pyridine rings is 1. The average Bonchev–Trinajstić information content (AvgIpc) is 2.98. The molecule has 0 saturated heterocycles. The third-order valence-electron chi connectivity index (χ3n) is 7.69. The first kappa shape index (κ1) is 30.4. The topological polar surface area (TPSA) is 133 Å². The molecule has 222 valence electrons. The van der Waals surface area contributed by atoms with Crippen molar-refractivity contribution in [3.8, 4) is 5.88 Å². The van der Waals surface area contributed by atoms with Gasteiger partial charge in [0.25, 0.3) is 11.8 Å². The maximum atomic E-state index is 14.2. The number of carbonyl (C=O) groups excluding carboxylic acids is 2. The van der Waals surface area contributed by atoms with E-state index < -0.39 is 41.2 Å². The Morgan fingerprint density at radius 3 is 2.62 bits per heavy atom. The van der Waals surface area contributed by atoms with Crippen molar-refractivity contribution >= 4 is 46.3 Å². The molecule has 1 aliphatic carbocycles. The molecule has 0 spiro atoms. The van der Waals surface area contributed by atoms with Gasteiger partial charge in [0, 0.05) is 51.2 Å². The number of ether oxygens (including phenoxy) is 1. The third kappa shape index (κ3) is 6.46. The minimum Gasteiger partial charge on any atom is -0.760 e. The molecule has 5 atom stereocenters. The molecule has 0 bridgehead atoms. The quantitative estimate of drug-likeness (QED) is 0.260. The maximum Gasteiger partial charge on any atom is 0.255 e. The number of hydroxylamine groups is 1. The van der Waals surface area contributed by atoms with Gasteiger partial charge in [-0.25, -0.2) is 15.2 Å². The van der Waals surface area contributed by atoms with Gasteiger partial charge in [-0.05, 0) is 53.8 Å². The lowest BCUT2D eigenvalue weighted by Gasteiger charge is -2.49. The molecule has 5 rings (SSSR count). The first-order valence-electron chi connectivity index (χ1n) is 13.4. The number of aromatic nitrogens is 1. The molecule has 2 N–H and O–H groups in total. The summed E-state index contributed by atoms with van der Waals surface area (Å²) in [6, 6.07) is 13.3. The predicted octanol–water partition coefficient (Wildman–Crippen LogP) is 4.62. The number of nitrogens with zero attached hydrogens (tertiary/aromatic N) is 2. The van der Waals surface area contributed by atoms with Crippen molar-refractivity contribution in [1.29, 1.82) is 0 Å². The van der Waals surface area contributed by atoms with Crippen molar-refractivity contribution < 1.29 is 27.9 Å². The van der Waals surface area contributed by atoms with Crippen LogP contribution in [0.2, 0.25) is 10.0 Å². The summed E-state index contributed by atoms with van der Waals surface area (Å²) in [5, 5.41) is 0.676. The van der Waals surface area contributed by atoms with E-state index in [1.165, 1.54) is 7.11 Å². The SMILES string of the molecule is COc1ccc(CONC(=O)[C@@H]2c3ccccc3C(=O)N(C3CCCC[C@@H]3NS(=O)[O-])[C@H]2c2ccc(Cl)cc2Cl)cn1. The summed E-state index contributed by atoms with van der Waals surface area (Å²) in [5.41, 5.74) is 4.64. The molecule has 42 heavy (non-hydrogen) atoms. The van der Waals surface area contributed by atoms with E-state index in [1.807, 2.05) is 0 Å². The first-order valence-corrected chi connectivity index (χ1v) is 15.2. The summed E-state index contributed by atoms with van der Waals surface area (Å²) < 4.78 is 31.1. The third-order valence-corrected chi connectivity index (χ3v) is 8.75. The van der Waals surface area contributed by atoms with Crippen LogP contribution in [-0.4, -0.2) is 49.7 Å². The number of hydrogen-bond acceptors (Lipinski definition) is 7. The van der Waals surface area contributed by atoms with Crippen molar-refractivity contribution in [1.82, 2.24) is 20.1 Å². The van der Waals surface area contributed by atoms with E-state index in [-0.39, 0.29) is 17.5 Å². The van der Waals surface area contributed by atoms with E-state index in [0.717, 1.165) is 12.8 Å². The minimum atomic E-state index is -2.54. The fourth-order valence-electron chi connectivity index (χ4n) is 5.85. The zero-order chi connectivity index (χ0) is 29.8. The Kier molecular flexibility index (Phi) is 9.77. The van der Waals surface area contributed by atoms with Crippen LogP contribution in [0.4, 0.5) is 0 Å². The van der Waals surface area contributed by atoms with Crippen LogP contribution in [0.3, 0.4) is 0 Å². The Morgan fingerprint density at radius 1 is 1.12 bits per heavy atom. The van der Waals surface area contributed by atoms with Crippen molar-refractivity contribution in [3.05, 3.63) is 93.1 Å².